The van der Waals surface area contributed by atoms with Crippen molar-refractivity contribution >= 4 is 27.9 Å². The molecule has 1 saturated heterocycles. The molecule has 9 heteroatoms. The predicted molar refractivity (Wildman–Crippen MR) is 97.4 cm³/mol. The fraction of sp³-hybridized carbons (Fsp3) is 0.556. The van der Waals surface area contributed by atoms with Gasteiger partial charge in [-0.2, -0.15) is 13.2 Å². The Labute approximate surface area is 164 Å². The minimum atomic E-state index is -4.56. The summed E-state index contributed by atoms with van der Waals surface area (Å²) in [5.41, 5.74) is -1.56. The van der Waals surface area contributed by atoms with Crippen LogP contribution in [0, 0.1) is 0 Å². The fourth-order valence-electron chi connectivity index (χ4n) is 2.79. The summed E-state index contributed by atoms with van der Waals surface area (Å²) in [4.78, 5) is 27.9. The average molecular weight is 451 g/mol. The van der Waals surface area contributed by atoms with Crippen molar-refractivity contribution in [2.45, 2.75) is 45.5 Å². The standard InChI is InChI=1S/C18H22BrF3N2O3/c1-11-10-23(7-8-24(11)16(26)27-17(2,3)4)15(25)12-5-6-14(19)13(9-12)18(20,21)22/h5-6,9,11H,7-8,10H2,1-4H3/t11-/m1/s1. The van der Waals surface area contributed by atoms with Crippen LogP contribution in [0.1, 0.15) is 43.6 Å². The van der Waals surface area contributed by atoms with Crippen LogP contribution in [0.4, 0.5) is 18.0 Å². The third kappa shape index (κ3) is 5.37. The molecule has 1 heterocycles. The van der Waals surface area contributed by atoms with Gasteiger partial charge in [-0.15, -0.1) is 0 Å². The van der Waals surface area contributed by atoms with E-state index < -0.39 is 29.3 Å². The van der Waals surface area contributed by atoms with Crippen LogP contribution in [0.25, 0.3) is 0 Å². The van der Waals surface area contributed by atoms with Crippen molar-refractivity contribution in [3.8, 4) is 0 Å². The van der Waals surface area contributed by atoms with E-state index in [9.17, 15) is 22.8 Å². The van der Waals surface area contributed by atoms with Crippen LogP contribution in [0.3, 0.4) is 0 Å². The molecule has 1 aromatic rings. The summed E-state index contributed by atoms with van der Waals surface area (Å²) in [6.45, 7) is 7.76. The van der Waals surface area contributed by atoms with Crippen LogP contribution < -0.4 is 0 Å². The molecule has 5 nitrogen and oxygen atoms in total. The number of carbonyl (C=O) groups excluding carboxylic acids is 2. The molecule has 27 heavy (non-hydrogen) atoms. The summed E-state index contributed by atoms with van der Waals surface area (Å²) < 4.78 is 44.4. The number of carbonyl (C=O) groups is 2. The number of ether oxygens (including phenoxy) is 1. The van der Waals surface area contributed by atoms with E-state index in [0.717, 1.165) is 6.07 Å². The fourth-order valence-corrected chi connectivity index (χ4v) is 3.26. The van der Waals surface area contributed by atoms with E-state index in [4.69, 9.17) is 4.74 Å². The zero-order valence-corrected chi connectivity index (χ0v) is 17.1. The third-order valence-electron chi connectivity index (χ3n) is 4.06. The predicted octanol–water partition coefficient (Wildman–Crippen LogP) is 4.55. The van der Waals surface area contributed by atoms with Gasteiger partial charge >= 0.3 is 12.3 Å². The molecule has 0 N–H and O–H groups in total. The molecule has 0 aliphatic carbocycles. The molecule has 0 aromatic heterocycles. The highest BCUT2D eigenvalue weighted by Crippen LogP contribution is 2.35. The Morgan fingerprint density at radius 1 is 1.19 bits per heavy atom. The molecule has 0 spiro atoms. The lowest BCUT2D eigenvalue weighted by molar-refractivity contribution is -0.138. The van der Waals surface area contributed by atoms with Gasteiger partial charge in [0.2, 0.25) is 0 Å². The number of rotatable bonds is 1. The molecule has 0 radical (unpaired) electrons. The van der Waals surface area contributed by atoms with Crippen molar-refractivity contribution in [3.63, 3.8) is 0 Å². The molecule has 1 aliphatic heterocycles. The molecule has 150 valence electrons. The number of nitrogens with zero attached hydrogens (tertiary/aromatic N) is 2. The minimum absolute atomic E-state index is 0.0385. The lowest BCUT2D eigenvalue weighted by Crippen LogP contribution is -2.56. The second-order valence-electron chi connectivity index (χ2n) is 7.47. The highest BCUT2D eigenvalue weighted by atomic mass is 79.9. The molecule has 1 fully saturated rings. The first-order valence-electron chi connectivity index (χ1n) is 8.45. The zero-order valence-electron chi connectivity index (χ0n) is 15.6. The molecular formula is C18H22BrF3N2O3. The molecule has 0 unspecified atom stereocenters. The smallest absolute Gasteiger partial charge is 0.417 e. The van der Waals surface area contributed by atoms with Crippen molar-refractivity contribution in [1.82, 2.24) is 9.80 Å². The van der Waals surface area contributed by atoms with Crippen LogP contribution in [-0.4, -0.2) is 53.1 Å². The average Bonchev–Trinajstić information content (AvgIpc) is 2.51. The van der Waals surface area contributed by atoms with Gasteiger partial charge in [-0.3, -0.25) is 4.79 Å². The van der Waals surface area contributed by atoms with Crippen molar-refractivity contribution in [2.24, 2.45) is 0 Å². The number of hydrogen-bond acceptors (Lipinski definition) is 3. The van der Waals surface area contributed by atoms with Gasteiger partial charge in [0.05, 0.1) is 5.56 Å². The molecule has 1 atom stereocenters. The Bertz CT molecular complexity index is 732. The largest absolute Gasteiger partial charge is 0.444 e. The minimum Gasteiger partial charge on any atom is -0.444 e. The summed E-state index contributed by atoms with van der Waals surface area (Å²) >= 11 is 2.87. The van der Waals surface area contributed by atoms with E-state index in [2.05, 4.69) is 15.9 Å². The highest BCUT2D eigenvalue weighted by molar-refractivity contribution is 9.10. The maximum Gasteiger partial charge on any atom is 0.417 e. The van der Waals surface area contributed by atoms with Gasteiger partial charge in [-0.05, 0) is 45.9 Å². The number of alkyl halides is 3. The van der Waals surface area contributed by atoms with Gasteiger partial charge in [0.25, 0.3) is 5.91 Å². The van der Waals surface area contributed by atoms with E-state index in [1.807, 2.05) is 0 Å². The molecule has 1 aliphatic rings. The van der Waals surface area contributed by atoms with Crippen LogP contribution in [-0.2, 0) is 10.9 Å². The van der Waals surface area contributed by atoms with Crippen molar-refractivity contribution < 1.29 is 27.5 Å². The number of benzene rings is 1. The van der Waals surface area contributed by atoms with Crippen LogP contribution in [0.15, 0.2) is 22.7 Å². The van der Waals surface area contributed by atoms with Crippen molar-refractivity contribution in [2.75, 3.05) is 19.6 Å². The quantitative estimate of drug-likeness (QED) is 0.630. The first-order chi connectivity index (χ1) is 12.3. The van der Waals surface area contributed by atoms with E-state index in [1.54, 1.807) is 27.7 Å². The zero-order chi connectivity index (χ0) is 20.6. The number of amides is 2. The molecule has 0 saturated carbocycles. The molecule has 0 bridgehead atoms. The topological polar surface area (TPSA) is 49.9 Å². The first-order valence-corrected chi connectivity index (χ1v) is 9.24. The monoisotopic (exact) mass is 450 g/mol. The number of hydrogen-bond donors (Lipinski definition) is 0. The van der Waals surface area contributed by atoms with Gasteiger partial charge in [-0.1, -0.05) is 15.9 Å². The maximum absolute atomic E-state index is 13.1. The van der Waals surface area contributed by atoms with Crippen LogP contribution in [0.5, 0.6) is 0 Å². The third-order valence-corrected chi connectivity index (χ3v) is 4.75. The summed E-state index contributed by atoms with van der Waals surface area (Å²) in [5.74, 6) is -0.497. The number of piperazine rings is 1. The Morgan fingerprint density at radius 2 is 1.81 bits per heavy atom. The van der Waals surface area contributed by atoms with E-state index >= 15 is 0 Å². The van der Waals surface area contributed by atoms with Gasteiger partial charge in [-0.25, -0.2) is 4.79 Å². The van der Waals surface area contributed by atoms with E-state index in [0.29, 0.717) is 0 Å². The van der Waals surface area contributed by atoms with Crippen LogP contribution in [0.2, 0.25) is 0 Å². The summed E-state index contributed by atoms with van der Waals surface area (Å²) in [5, 5.41) is 0. The second-order valence-corrected chi connectivity index (χ2v) is 8.32. The lowest BCUT2D eigenvalue weighted by atomic mass is 10.1. The van der Waals surface area contributed by atoms with Gasteiger partial charge in [0.15, 0.2) is 0 Å². The summed E-state index contributed by atoms with van der Waals surface area (Å²) in [6, 6.07) is 3.11. The number of halogens is 4. The van der Waals surface area contributed by atoms with Crippen molar-refractivity contribution in [1.29, 1.82) is 0 Å². The highest BCUT2D eigenvalue weighted by Gasteiger charge is 2.36. The van der Waals surface area contributed by atoms with Gasteiger partial charge in [0.1, 0.15) is 5.60 Å². The molecular weight excluding hydrogens is 429 g/mol. The first kappa shape index (κ1) is 21.5. The SMILES string of the molecule is C[C@@H]1CN(C(=O)c2ccc(Br)c(C(F)(F)F)c2)CCN1C(=O)OC(C)(C)C. The Balaban J connectivity index is 2.11. The molecule has 2 amide bonds. The lowest BCUT2D eigenvalue weighted by Gasteiger charge is -2.40. The van der Waals surface area contributed by atoms with E-state index in [1.165, 1.54) is 21.9 Å². The molecule has 1 aromatic carbocycles. The maximum atomic E-state index is 13.1. The van der Waals surface area contributed by atoms with Gasteiger partial charge in [0, 0.05) is 35.7 Å². The van der Waals surface area contributed by atoms with Gasteiger partial charge < -0.3 is 14.5 Å². The summed E-state index contributed by atoms with van der Waals surface area (Å²) in [6.07, 6.45) is -5.03. The van der Waals surface area contributed by atoms with Crippen molar-refractivity contribution in [3.05, 3.63) is 33.8 Å². The van der Waals surface area contributed by atoms with Crippen LogP contribution >= 0.6 is 15.9 Å². The Hall–Kier alpha value is -1.77. The Kier molecular flexibility index (Phi) is 6.13. The summed E-state index contributed by atoms with van der Waals surface area (Å²) in [7, 11) is 0. The Morgan fingerprint density at radius 3 is 2.33 bits per heavy atom. The van der Waals surface area contributed by atoms with E-state index in [-0.39, 0.29) is 35.7 Å². The second kappa shape index (κ2) is 7.69. The molecule has 2 rings (SSSR count). The normalized spacial score (nSPS) is 18.4.